The van der Waals surface area contributed by atoms with Gasteiger partial charge in [0, 0.05) is 37.8 Å². The van der Waals surface area contributed by atoms with Gasteiger partial charge in [-0.1, -0.05) is 34.1 Å². The molecule has 3 rings (SSSR count). The molecular weight excluding hydrogens is 1100 g/mol. The number of hydrogen-bond acceptors (Lipinski definition) is 17. The minimum absolute atomic E-state index is 0.0249. The number of fused-ring (bicyclic) bond motifs is 1. The lowest BCUT2D eigenvalue weighted by molar-refractivity contribution is -0.145. The predicted molar refractivity (Wildman–Crippen MR) is 298 cm³/mol. The van der Waals surface area contributed by atoms with Crippen LogP contribution in [0, 0.1) is 48.9 Å². The number of carbonyl (C=O) groups is 14. The van der Waals surface area contributed by atoms with Gasteiger partial charge in [-0.25, -0.2) is 0 Å². The van der Waals surface area contributed by atoms with E-state index in [4.69, 9.17) is 27.7 Å². The first kappa shape index (κ1) is 70.8. The average Bonchev–Trinajstić information content (AvgIpc) is 2.75. The topological polar surface area (TPSA) is 484 Å². The Labute approximate surface area is 488 Å². The molecule has 0 aromatic rings. The summed E-state index contributed by atoms with van der Waals surface area (Å²) < 4.78 is 5.39. The number of aliphatic hydroxyl groups is 1. The number of nitrogens with two attached hydrogens (primary N) is 4. The van der Waals surface area contributed by atoms with E-state index in [0.29, 0.717) is 38.6 Å². The smallest absolute Gasteiger partial charge is 0.306 e. The molecule has 1 saturated heterocycles. The predicted octanol–water partition coefficient (Wildman–Crippen LogP) is -5.42. The summed E-state index contributed by atoms with van der Waals surface area (Å²) in [6, 6.07) is -10.2. The van der Waals surface area contributed by atoms with Gasteiger partial charge in [0.1, 0.15) is 42.3 Å². The lowest BCUT2D eigenvalue weighted by Gasteiger charge is -2.28. The number of likely N-dealkylation sites (tertiary alicyclic amines) is 1. The second-order valence-electron chi connectivity index (χ2n) is 21.6. The van der Waals surface area contributed by atoms with Gasteiger partial charge in [-0.05, 0) is 102 Å². The standard InChI is InChI=1S/C54H85N14O16/c1-8-27(4)45(52(81)60-25-42(74)65-44(26(2)3)51(80)59-24-41(73)61-29(6)54(83)68-21-10-13-37(68)47(58)76)66-48(77)28(5)62-53(82)46(30(7)69)67-50(79)35(15-17-39(57)71)63-40(72)18-19-43(75)84-22-20-31-23-36(33-12-9-11-32(31)33)64-49(78)34(55)14-16-38(56)70/h9,11-12,26-31,34-37,44-46,69H,8,10,13-25,55H2,1-7H3,(H2,56,70)(H2,57,71)(H2,58,76)(H,59,80)(H,60,81)(H,61,73)(H,62,82)(H,63,72)(H,64,78)(H,65,74)(H,66,77)(H,67,79)/t27-,28-,29-,30+,31+,34-,35-,36+,37-,44-,45-,46-/m0/s1. The highest BCUT2D eigenvalue weighted by Crippen LogP contribution is 2.50. The van der Waals surface area contributed by atoms with Crippen LogP contribution >= 0.6 is 0 Å². The maximum Gasteiger partial charge on any atom is 0.306 e. The van der Waals surface area contributed by atoms with Gasteiger partial charge in [0.2, 0.25) is 76.8 Å². The number of ether oxygens (including phenoxy) is 1. The highest BCUT2D eigenvalue weighted by atomic mass is 16.5. The number of primary amides is 3. The zero-order valence-corrected chi connectivity index (χ0v) is 48.7. The van der Waals surface area contributed by atoms with Gasteiger partial charge in [-0.2, -0.15) is 0 Å². The Bertz CT molecular complexity index is 2390. The van der Waals surface area contributed by atoms with Crippen molar-refractivity contribution in [3.8, 4) is 0 Å². The fourth-order valence-electron chi connectivity index (χ4n) is 9.47. The summed E-state index contributed by atoms with van der Waals surface area (Å²) in [5.74, 6) is -9.90. The van der Waals surface area contributed by atoms with E-state index in [9.17, 15) is 72.2 Å². The molecular formula is C54H85N14O16. The summed E-state index contributed by atoms with van der Waals surface area (Å²) in [5, 5.41) is 32.9. The Kier molecular flexibility index (Phi) is 28.9. The maximum atomic E-state index is 13.6. The Morgan fingerprint density at radius 2 is 1.24 bits per heavy atom. The van der Waals surface area contributed by atoms with E-state index >= 15 is 0 Å². The van der Waals surface area contributed by atoms with Crippen LogP contribution in [0.1, 0.15) is 119 Å². The maximum absolute atomic E-state index is 13.6. The van der Waals surface area contributed by atoms with Crippen LogP contribution in [0.2, 0.25) is 0 Å². The normalized spacial score (nSPS) is 19.9. The van der Waals surface area contributed by atoms with Gasteiger partial charge in [-0.3, -0.25) is 67.1 Å². The van der Waals surface area contributed by atoms with Crippen LogP contribution in [-0.2, 0) is 71.9 Å². The van der Waals surface area contributed by atoms with Crippen LogP contribution in [0.5, 0.6) is 0 Å². The molecule has 0 aromatic heterocycles. The molecule has 3 aliphatic rings. The minimum Gasteiger partial charge on any atom is -0.466 e. The van der Waals surface area contributed by atoms with Crippen LogP contribution in [0.4, 0.5) is 0 Å². The number of amides is 13. The van der Waals surface area contributed by atoms with Crippen molar-refractivity contribution in [2.45, 2.75) is 180 Å². The first-order valence-corrected chi connectivity index (χ1v) is 28.1. The second-order valence-corrected chi connectivity index (χ2v) is 21.6. The Morgan fingerprint density at radius 1 is 0.643 bits per heavy atom. The van der Waals surface area contributed by atoms with Gasteiger partial charge >= 0.3 is 5.97 Å². The molecule has 5 radical (unpaired) electrons. The average molecular weight is 1190 g/mol. The van der Waals surface area contributed by atoms with Crippen LogP contribution in [0.3, 0.4) is 0 Å². The van der Waals surface area contributed by atoms with Crippen molar-refractivity contribution >= 4 is 82.8 Å². The molecule has 84 heavy (non-hydrogen) atoms. The largest absolute Gasteiger partial charge is 0.466 e. The zero-order chi connectivity index (χ0) is 63.1. The second kappa shape index (κ2) is 34.3. The molecule has 1 aliphatic heterocycles. The molecule has 0 aromatic carbocycles. The molecule has 0 spiro atoms. The van der Waals surface area contributed by atoms with Gasteiger partial charge in [0.15, 0.2) is 0 Å². The number of carbonyl (C=O) groups excluding carboxylic acids is 14. The van der Waals surface area contributed by atoms with Crippen molar-refractivity contribution in [2.24, 2.45) is 40.7 Å². The monoisotopic (exact) mass is 1190 g/mol. The lowest BCUT2D eigenvalue weighted by Crippen LogP contribution is -2.60. The summed E-state index contributed by atoms with van der Waals surface area (Å²) in [7, 11) is 0. The number of nitrogens with one attached hydrogen (secondary N) is 9. The lowest BCUT2D eigenvalue weighted by atomic mass is 9.90. The van der Waals surface area contributed by atoms with Crippen LogP contribution in [0.15, 0.2) is 0 Å². The summed E-state index contributed by atoms with van der Waals surface area (Å²) in [6.45, 7) is 9.50. The third kappa shape index (κ3) is 22.6. The molecule has 3 fully saturated rings. The molecule has 18 N–H and O–H groups in total. The molecule has 2 saturated carbocycles. The van der Waals surface area contributed by atoms with E-state index < -0.39 is 181 Å². The minimum atomic E-state index is -1.74. The van der Waals surface area contributed by atoms with E-state index in [0.717, 1.165) is 18.8 Å². The molecule has 467 valence electrons. The van der Waals surface area contributed by atoms with E-state index in [1.165, 1.54) is 18.7 Å². The zero-order valence-electron chi connectivity index (χ0n) is 48.7. The van der Waals surface area contributed by atoms with Crippen molar-refractivity contribution in [1.29, 1.82) is 0 Å². The summed E-state index contributed by atoms with van der Waals surface area (Å²) >= 11 is 0. The summed E-state index contributed by atoms with van der Waals surface area (Å²) in [4.78, 5) is 180. The SMILES string of the molecule is CC[C@H](C)[C@H](NC(=O)[C@H](C)NC(=O)[C@@H](NC(=O)[C@H](CCC(N)=O)NC(=O)CCC(=O)OCC[C@@H]1C[C@@H](NC(=O)[C@@H](N)CCC(N)=O)[C]2[CH][CH][CH][C]21)[C@@H](C)O)C(=O)NCC(=O)N[C@H](C(=O)NCC(=O)N[C@@H](C)C(=O)N1CCC[C@H]1C(N)=O)C(C)C. The highest BCUT2D eigenvalue weighted by molar-refractivity contribution is 5.98. The van der Waals surface area contributed by atoms with Gasteiger partial charge in [-0.15, -0.1) is 0 Å². The van der Waals surface area contributed by atoms with E-state index in [1.54, 1.807) is 27.7 Å². The third-order valence-electron chi connectivity index (χ3n) is 14.5. The number of nitrogens with zero attached hydrogens (tertiary/aromatic N) is 1. The first-order chi connectivity index (χ1) is 39.4. The quantitative estimate of drug-likeness (QED) is 0.0263. The molecule has 2 aliphatic carbocycles. The first-order valence-electron chi connectivity index (χ1n) is 28.1. The Hall–Kier alpha value is -7.50. The highest BCUT2D eigenvalue weighted by Gasteiger charge is 2.47. The summed E-state index contributed by atoms with van der Waals surface area (Å²) in [6.07, 6.45) is 4.66. The number of hydrogen-bond donors (Lipinski definition) is 14. The van der Waals surface area contributed by atoms with Gasteiger partial charge in [0.25, 0.3) is 0 Å². The van der Waals surface area contributed by atoms with E-state index in [2.05, 4.69) is 47.9 Å². The van der Waals surface area contributed by atoms with Crippen LogP contribution < -0.4 is 70.8 Å². The molecule has 0 bridgehead atoms. The molecule has 30 nitrogen and oxygen atoms in total. The Balaban J connectivity index is 1.50. The fraction of sp³-hybridized carbons (Fsp3) is 0.648. The fourth-order valence-corrected chi connectivity index (χ4v) is 9.47. The Morgan fingerprint density at radius 3 is 1.83 bits per heavy atom. The molecule has 30 heteroatoms. The molecule has 12 atom stereocenters. The van der Waals surface area contributed by atoms with Crippen molar-refractivity contribution in [3.05, 3.63) is 31.1 Å². The third-order valence-corrected chi connectivity index (χ3v) is 14.5. The molecule has 1 heterocycles. The molecule has 13 amide bonds. The molecule has 0 unspecified atom stereocenters. The van der Waals surface area contributed by atoms with Crippen molar-refractivity contribution < 1.29 is 77.0 Å². The van der Waals surface area contributed by atoms with Crippen molar-refractivity contribution in [3.63, 3.8) is 0 Å². The van der Waals surface area contributed by atoms with Crippen molar-refractivity contribution in [1.82, 2.24) is 52.8 Å². The van der Waals surface area contributed by atoms with Crippen LogP contribution in [-0.4, -0.2) is 179 Å². The van der Waals surface area contributed by atoms with Crippen molar-refractivity contribution in [2.75, 3.05) is 26.2 Å². The summed E-state index contributed by atoms with van der Waals surface area (Å²) in [5.41, 5.74) is 21.8. The van der Waals surface area contributed by atoms with E-state index in [-0.39, 0.29) is 37.8 Å². The van der Waals surface area contributed by atoms with Gasteiger partial charge < -0.3 is 85.5 Å². The number of rotatable bonds is 35. The van der Waals surface area contributed by atoms with Crippen LogP contribution in [0.25, 0.3) is 0 Å². The van der Waals surface area contributed by atoms with E-state index in [1.807, 2.05) is 19.3 Å². The number of esters is 1. The van der Waals surface area contributed by atoms with Gasteiger partial charge in [0.05, 0.1) is 38.3 Å². The number of aliphatic hydroxyl groups excluding tert-OH is 1.